The first-order valence-electron chi connectivity index (χ1n) is 11.5. The third-order valence-corrected chi connectivity index (χ3v) is 5.75. The Bertz CT molecular complexity index is 1610. The fourth-order valence-electron chi connectivity index (χ4n) is 3.99. The number of benzene rings is 4. The minimum atomic E-state index is -0.372. The number of urea groups is 1. The number of rotatable bonds is 5. The lowest BCUT2D eigenvalue weighted by molar-refractivity contribution is 0.262. The fraction of sp³-hybridized carbons (Fsp3) is 0.0690. The summed E-state index contributed by atoms with van der Waals surface area (Å²) in [4.78, 5) is 30.3. The molecule has 2 amide bonds. The van der Waals surface area contributed by atoms with Crippen LogP contribution in [0.15, 0.2) is 102 Å². The van der Waals surface area contributed by atoms with Crippen LogP contribution in [0.25, 0.3) is 16.6 Å². The summed E-state index contributed by atoms with van der Waals surface area (Å²) in [6.07, 6.45) is 0. The topological polar surface area (TPSA) is 85.2 Å². The Labute approximate surface area is 208 Å². The molecule has 1 heterocycles. The van der Waals surface area contributed by atoms with Crippen LogP contribution in [-0.4, -0.2) is 15.6 Å². The summed E-state index contributed by atoms with van der Waals surface area (Å²) in [5, 5.41) is 6.25. The first kappa shape index (κ1) is 22.9. The number of aromatic nitrogens is 2. The van der Waals surface area contributed by atoms with Gasteiger partial charge in [-0.3, -0.25) is 9.36 Å². The average molecular weight is 477 g/mol. The molecule has 7 heteroatoms. The van der Waals surface area contributed by atoms with Gasteiger partial charge in [0.1, 0.15) is 17.3 Å². The molecule has 0 atom stereocenters. The number of fused-ring (bicyclic) bond motifs is 1. The number of nitrogens with zero attached hydrogens (tertiary/aromatic N) is 2. The van der Waals surface area contributed by atoms with Gasteiger partial charge >= 0.3 is 6.03 Å². The van der Waals surface area contributed by atoms with Crippen molar-refractivity contribution >= 4 is 28.3 Å². The molecule has 0 aliphatic heterocycles. The molecule has 0 unspecified atom stereocenters. The van der Waals surface area contributed by atoms with E-state index in [0.29, 0.717) is 39.5 Å². The molecule has 178 valence electrons. The van der Waals surface area contributed by atoms with Crippen LogP contribution in [-0.2, 0) is 0 Å². The molecule has 1 aromatic heterocycles. The van der Waals surface area contributed by atoms with E-state index in [1.165, 1.54) is 0 Å². The van der Waals surface area contributed by atoms with E-state index < -0.39 is 0 Å². The number of aryl methyl sites for hydroxylation is 2. The van der Waals surface area contributed by atoms with Crippen LogP contribution >= 0.6 is 0 Å². The van der Waals surface area contributed by atoms with Crippen molar-refractivity contribution in [3.8, 4) is 17.2 Å². The molecule has 0 bridgehead atoms. The zero-order valence-corrected chi connectivity index (χ0v) is 19.9. The van der Waals surface area contributed by atoms with Crippen LogP contribution < -0.4 is 20.9 Å². The van der Waals surface area contributed by atoms with Gasteiger partial charge in [-0.05, 0) is 86.1 Å². The molecule has 0 saturated heterocycles. The predicted octanol–water partition coefficient (Wildman–Crippen LogP) is 6.44. The third-order valence-electron chi connectivity index (χ3n) is 5.75. The van der Waals surface area contributed by atoms with Gasteiger partial charge in [0.25, 0.3) is 5.56 Å². The quantitative estimate of drug-likeness (QED) is 0.306. The van der Waals surface area contributed by atoms with Crippen molar-refractivity contribution in [2.45, 2.75) is 13.8 Å². The number of carbonyl (C=O) groups excluding carboxylic acids is 1. The average Bonchev–Trinajstić information content (AvgIpc) is 2.87. The van der Waals surface area contributed by atoms with Gasteiger partial charge in [-0.2, -0.15) is 0 Å². The molecule has 36 heavy (non-hydrogen) atoms. The van der Waals surface area contributed by atoms with Crippen molar-refractivity contribution in [1.29, 1.82) is 0 Å². The molecule has 5 aromatic rings. The van der Waals surface area contributed by atoms with Gasteiger partial charge in [-0.15, -0.1) is 0 Å². The van der Waals surface area contributed by atoms with E-state index in [9.17, 15) is 9.59 Å². The van der Waals surface area contributed by atoms with Gasteiger partial charge in [-0.25, -0.2) is 9.78 Å². The molecule has 0 aliphatic rings. The van der Waals surface area contributed by atoms with Gasteiger partial charge in [-0.1, -0.05) is 30.3 Å². The summed E-state index contributed by atoms with van der Waals surface area (Å²) in [7, 11) is 0. The van der Waals surface area contributed by atoms with Crippen molar-refractivity contribution in [3.63, 3.8) is 0 Å². The van der Waals surface area contributed by atoms with Crippen molar-refractivity contribution < 1.29 is 9.53 Å². The SMILES string of the molecule is Cc1cc(-n2c(C)nc3ccccc3c2=O)ccc1NC(=O)Nc1ccc(Oc2ccccc2)cc1. The second-order valence-electron chi connectivity index (χ2n) is 8.33. The predicted molar refractivity (Wildman–Crippen MR) is 142 cm³/mol. The van der Waals surface area contributed by atoms with E-state index in [-0.39, 0.29) is 11.6 Å². The molecule has 7 nitrogen and oxygen atoms in total. The second-order valence-corrected chi connectivity index (χ2v) is 8.33. The van der Waals surface area contributed by atoms with E-state index in [2.05, 4.69) is 15.6 Å². The Morgan fingerprint density at radius 1 is 0.806 bits per heavy atom. The second kappa shape index (κ2) is 9.76. The molecule has 0 fully saturated rings. The van der Waals surface area contributed by atoms with Crippen molar-refractivity contribution in [2.24, 2.45) is 0 Å². The minimum Gasteiger partial charge on any atom is -0.457 e. The monoisotopic (exact) mass is 476 g/mol. The standard InChI is InChI=1S/C29H24N4O3/c1-19-18-22(33-20(2)30-27-11-7-6-10-25(27)28(33)34)14-17-26(19)32-29(35)31-21-12-15-24(16-13-21)36-23-8-4-3-5-9-23/h3-18H,1-2H3,(H2,31,32,35). The number of carbonyl (C=O) groups is 1. The lowest BCUT2D eigenvalue weighted by Gasteiger charge is -2.14. The maximum absolute atomic E-state index is 13.1. The normalized spacial score (nSPS) is 10.7. The van der Waals surface area contributed by atoms with Crippen LogP contribution in [0, 0.1) is 13.8 Å². The molecule has 0 saturated carbocycles. The van der Waals surface area contributed by atoms with E-state index in [1.54, 1.807) is 54.0 Å². The summed E-state index contributed by atoms with van der Waals surface area (Å²) >= 11 is 0. The highest BCUT2D eigenvalue weighted by Gasteiger charge is 2.12. The maximum Gasteiger partial charge on any atom is 0.323 e. The van der Waals surface area contributed by atoms with Gasteiger partial charge in [0.2, 0.25) is 0 Å². The van der Waals surface area contributed by atoms with Gasteiger partial charge in [0.05, 0.1) is 16.6 Å². The first-order valence-corrected chi connectivity index (χ1v) is 11.5. The summed E-state index contributed by atoms with van der Waals surface area (Å²) in [5.41, 5.74) is 3.31. The number of amides is 2. The van der Waals surface area contributed by atoms with E-state index in [4.69, 9.17) is 4.74 Å². The molecule has 0 spiro atoms. The van der Waals surface area contributed by atoms with Crippen molar-refractivity contribution in [3.05, 3.63) is 119 Å². The fourth-order valence-corrected chi connectivity index (χ4v) is 3.99. The van der Waals surface area contributed by atoms with Crippen LogP contribution in [0.2, 0.25) is 0 Å². The molecule has 4 aromatic carbocycles. The highest BCUT2D eigenvalue weighted by atomic mass is 16.5. The summed E-state index contributed by atoms with van der Waals surface area (Å²) < 4.78 is 7.36. The highest BCUT2D eigenvalue weighted by Crippen LogP contribution is 2.24. The Balaban J connectivity index is 1.29. The largest absolute Gasteiger partial charge is 0.457 e. The Morgan fingerprint density at radius 2 is 1.50 bits per heavy atom. The number of nitrogens with one attached hydrogen (secondary N) is 2. The van der Waals surface area contributed by atoms with Crippen LogP contribution in [0.1, 0.15) is 11.4 Å². The maximum atomic E-state index is 13.1. The first-order chi connectivity index (χ1) is 17.5. The molecule has 2 N–H and O–H groups in total. The molecule has 0 aliphatic carbocycles. The smallest absolute Gasteiger partial charge is 0.323 e. The van der Waals surface area contributed by atoms with Crippen LogP contribution in [0.4, 0.5) is 16.2 Å². The number of anilines is 2. The lowest BCUT2D eigenvalue weighted by atomic mass is 10.1. The third kappa shape index (κ3) is 4.81. The van der Waals surface area contributed by atoms with Crippen molar-refractivity contribution in [1.82, 2.24) is 9.55 Å². The van der Waals surface area contributed by atoms with Gasteiger partial charge in [0, 0.05) is 11.4 Å². The Morgan fingerprint density at radius 3 is 2.25 bits per heavy atom. The zero-order valence-electron chi connectivity index (χ0n) is 19.9. The summed E-state index contributed by atoms with van der Waals surface area (Å²) in [6, 6.07) is 29.0. The number of ether oxygens (including phenoxy) is 1. The van der Waals surface area contributed by atoms with E-state index in [0.717, 1.165) is 11.3 Å². The highest BCUT2D eigenvalue weighted by molar-refractivity contribution is 6.00. The van der Waals surface area contributed by atoms with E-state index >= 15 is 0 Å². The van der Waals surface area contributed by atoms with Crippen molar-refractivity contribution in [2.75, 3.05) is 10.6 Å². The molecular formula is C29H24N4O3. The van der Waals surface area contributed by atoms with Crippen LogP contribution in [0.5, 0.6) is 11.5 Å². The summed E-state index contributed by atoms with van der Waals surface area (Å²) in [6.45, 7) is 3.68. The minimum absolute atomic E-state index is 0.129. The molecule has 0 radical (unpaired) electrons. The lowest BCUT2D eigenvalue weighted by Crippen LogP contribution is -2.23. The molecular weight excluding hydrogens is 452 g/mol. The zero-order chi connectivity index (χ0) is 25.1. The van der Waals surface area contributed by atoms with Gasteiger partial charge in [0.15, 0.2) is 0 Å². The van der Waals surface area contributed by atoms with Crippen LogP contribution in [0.3, 0.4) is 0 Å². The van der Waals surface area contributed by atoms with Gasteiger partial charge < -0.3 is 15.4 Å². The Hall–Kier alpha value is -4.91. The Kier molecular flexibility index (Phi) is 6.19. The van der Waals surface area contributed by atoms with E-state index in [1.807, 2.05) is 61.5 Å². The number of para-hydroxylation sites is 2. The molecule has 5 rings (SSSR count). The number of hydrogen-bond acceptors (Lipinski definition) is 4. The number of hydrogen-bond donors (Lipinski definition) is 2. The summed E-state index contributed by atoms with van der Waals surface area (Å²) in [5.74, 6) is 2.01.